The lowest BCUT2D eigenvalue weighted by Gasteiger charge is -2.32. The number of carbonyl (C=O) groups excluding carboxylic acids is 1. The van der Waals surface area contributed by atoms with Crippen molar-refractivity contribution in [2.45, 2.75) is 19.9 Å². The minimum absolute atomic E-state index is 0.328. The van der Waals surface area contributed by atoms with Crippen molar-refractivity contribution in [1.29, 1.82) is 0 Å². The summed E-state index contributed by atoms with van der Waals surface area (Å²) >= 11 is 0. The molecule has 1 aliphatic heterocycles. The van der Waals surface area contributed by atoms with E-state index in [9.17, 15) is 4.79 Å². The van der Waals surface area contributed by atoms with Gasteiger partial charge in [0.25, 0.3) is 0 Å². The quantitative estimate of drug-likeness (QED) is 0.917. The fourth-order valence-electron chi connectivity index (χ4n) is 3.84. The standard InChI is InChI=1S/C20H24N2O/c1-15-13-19(15)20(23)22-11-9-21(10-12-22)14-17-7-4-6-16-5-2-3-8-18(16)17/h2-8,15,19H,9-14H2,1H3/p+1/t15-,19-/m1/s1. The van der Waals surface area contributed by atoms with E-state index < -0.39 is 0 Å². The predicted molar refractivity (Wildman–Crippen MR) is 92.2 cm³/mol. The molecule has 0 spiro atoms. The Balaban J connectivity index is 1.40. The summed E-state index contributed by atoms with van der Waals surface area (Å²) in [6.07, 6.45) is 1.10. The average molecular weight is 309 g/mol. The van der Waals surface area contributed by atoms with Gasteiger partial charge in [-0.3, -0.25) is 4.79 Å². The zero-order chi connectivity index (χ0) is 15.8. The number of rotatable bonds is 3. The Kier molecular flexibility index (Phi) is 3.82. The van der Waals surface area contributed by atoms with Crippen molar-refractivity contribution >= 4 is 16.7 Å². The van der Waals surface area contributed by atoms with Gasteiger partial charge in [-0.25, -0.2) is 0 Å². The van der Waals surface area contributed by atoms with Crippen molar-refractivity contribution in [3.8, 4) is 0 Å². The molecule has 3 heteroatoms. The third-order valence-electron chi connectivity index (χ3n) is 5.53. The molecule has 120 valence electrons. The molecule has 0 aromatic heterocycles. The second-order valence-corrected chi connectivity index (χ2v) is 7.21. The van der Waals surface area contributed by atoms with Crippen LogP contribution in [-0.4, -0.2) is 37.0 Å². The van der Waals surface area contributed by atoms with E-state index in [4.69, 9.17) is 0 Å². The lowest BCUT2D eigenvalue weighted by Crippen LogP contribution is -3.13. The van der Waals surface area contributed by atoms with Crippen LogP contribution in [0.3, 0.4) is 0 Å². The molecular formula is C20H25N2O+. The molecule has 1 heterocycles. The first-order valence-electron chi connectivity index (χ1n) is 8.81. The smallest absolute Gasteiger partial charge is 0.226 e. The minimum Gasteiger partial charge on any atom is -0.331 e. The zero-order valence-electron chi connectivity index (χ0n) is 13.8. The van der Waals surface area contributed by atoms with Crippen LogP contribution in [0.4, 0.5) is 0 Å². The first kappa shape index (κ1) is 14.7. The molecule has 23 heavy (non-hydrogen) atoms. The van der Waals surface area contributed by atoms with Crippen LogP contribution in [0.2, 0.25) is 0 Å². The summed E-state index contributed by atoms with van der Waals surface area (Å²) in [6.45, 7) is 7.21. The molecule has 2 fully saturated rings. The topological polar surface area (TPSA) is 24.8 Å². The van der Waals surface area contributed by atoms with E-state index in [2.05, 4.69) is 54.3 Å². The van der Waals surface area contributed by atoms with Gasteiger partial charge in [0.2, 0.25) is 5.91 Å². The van der Waals surface area contributed by atoms with Gasteiger partial charge < -0.3 is 9.80 Å². The fraction of sp³-hybridized carbons (Fsp3) is 0.450. The maximum atomic E-state index is 12.3. The highest BCUT2D eigenvalue weighted by atomic mass is 16.2. The molecule has 0 unspecified atom stereocenters. The number of hydrogen-bond acceptors (Lipinski definition) is 1. The van der Waals surface area contributed by atoms with Gasteiger partial charge in [0.15, 0.2) is 0 Å². The number of piperazine rings is 1. The van der Waals surface area contributed by atoms with Gasteiger partial charge in [0, 0.05) is 11.5 Å². The van der Waals surface area contributed by atoms with Gasteiger partial charge in [0.05, 0.1) is 26.2 Å². The second kappa shape index (κ2) is 5.97. The lowest BCUT2D eigenvalue weighted by molar-refractivity contribution is -0.917. The summed E-state index contributed by atoms with van der Waals surface area (Å²) in [5.41, 5.74) is 1.42. The average Bonchev–Trinajstić information content (AvgIpc) is 3.32. The van der Waals surface area contributed by atoms with Gasteiger partial charge in [-0.2, -0.15) is 0 Å². The van der Waals surface area contributed by atoms with E-state index in [1.165, 1.54) is 16.3 Å². The van der Waals surface area contributed by atoms with E-state index in [-0.39, 0.29) is 0 Å². The number of benzene rings is 2. The SMILES string of the molecule is C[C@@H]1C[C@H]1C(=O)N1CC[NH+](Cc2cccc3ccccc23)CC1. The summed E-state index contributed by atoms with van der Waals surface area (Å²) in [7, 11) is 0. The molecule has 1 amide bonds. The van der Waals surface area contributed by atoms with Crippen LogP contribution in [0, 0.1) is 11.8 Å². The number of amides is 1. The molecule has 2 aromatic carbocycles. The van der Waals surface area contributed by atoms with Crippen LogP contribution in [0.5, 0.6) is 0 Å². The molecule has 4 rings (SSSR count). The van der Waals surface area contributed by atoms with Crippen molar-refractivity contribution in [2.24, 2.45) is 11.8 Å². The molecule has 2 aliphatic rings. The van der Waals surface area contributed by atoms with E-state index in [1.807, 2.05) is 0 Å². The first-order chi connectivity index (χ1) is 11.2. The third kappa shape index (κ3) is 2.98. The number of quaternary nitrogens is 1. The Morgan fingerprint density at radius 1 is 1.13 bits per heavy atom. The van der Waals surface area contributed by atoms with Crippen LogP contribution in [-0.2, 0) is 11.3 Å². The Morgan fingerprint density at radius 3 is 2.57 bits per heavy atom. The summed E-state index contributed by atoms with van der Waals surface area (Å²) in [4.78, 5) is 16.0. The van der Waals surface area contributed by atoms with Crippen molar-refractivity contribution < 1.29 is 9.69 Å². The zero-order valence-corrected chi connectivity index (χ0v) is 13.8. The Labute approximate surface area is 137 Å². The third-order valence-corrected chi connectivity index (χ3v) is 5.53. The van der Waals surface area contributed by atoms with Crippen LogP contribution in [0.25, 0.3) is 10.8 Å². The van der Waals surface area contributed by atoms with Gasteiger partial charge in [-0.15, -0.1) is 0 Å². The summed E-state index contributed by atoms with van der Waals surface area (Å²) in [6, 6.07) is 15.2. The minimum atomic E-state index is 0.328. The van der Waals surface area contributed by atoms with E-state index in [0.29, 0.717) is 17.7 Å². The number of nitrogens with zero attached hydrogens (tertiary/aromatic N) is 1. The van der Waals surface area contributed by atoms with Crippen LogP contribution < -0.4 is 4.90 Å². The van der Waals surface area contributed by atoms with E-state index in [0.717, 1.165) is 39.1 Å². The molecule has 2 aromatic rings. The van der Waals surface area contributed by atoms with Crippen LogP contribution in [0.15, 0.2) is 42.5 Å². The van der Waals surface area contributed by atoms with Crippen molar-refractivity contribution in [2.75, 3.05) is 26.2 Å². The molecule has 2 atom stereocenters. The van der Waals surface area contributed by atoms with Crippen molar-refractivity contribution in [3.05, 3.63) is 48.0 Å². The maximum Gasteiger partial charge on any atom is 0.226 e. The van der Waals surface area contributed by atoms with Crippen molar-refractivity contribution in [1.82, 2.24) is 4.90 Å². The second-order valence-electron chi connectivity index (χ2n) is 7.21. The molecule has 1 saturated heterocycles. The van der Waals surface area contributed by atoms with Crippen molar-refractivity contribution in [3.63, 3.8) is 0 Å². The highest BCUT2D eigenvalue weighted by Crippen LogP contribution is 2.39. The fourth-order valence-corrected chi connectivity index (χ4v) is 3.84. The highest BCUT2D eigenvalue weighted by Gasteiger charge is 2.42. The number of carbonyl (C=O) groups is 1. The maximum absolute atomic E-state index is 12.3. The Morgan fingerprint density at radius 2 is 1.83 bits per heavy atom. The number of hydrogen-bond donors (Lipinski definition) is 1. The summed E-state index contributed by atoms with van der Waals surface area (Å²) < 4.78 is 0. The summed E-state index contributed by atoms with van der Waals surface area (Å²) in [5.74, 6) is 1.35. The van der Waals surface area contributed by atoms with Crippen LogP contribution in [0.1, 0.15) is 18.9 Å². The molecule has 1 aliphatic carbocycles. The predicted octanol–water partition coefficient (Wildman–Crippen LogP) is 1.72. The largest absolute Gasteiger partial charge is 0.331 e. The normalized spacial score (nSPS) is 24.8. The van der Waals surface area contributed by atoms with Crippen LogP contribution >= 0.6 is 0 Å². The molecule has 0 radical (unpaired) electrons. The van der Waals surface area contributed by atoms with Gasteiger partial charge in [-0.1, -0.05) is 49.4 Å². The Bertz CT molecular complexity index is 713. The molecule has 1 saturated carbocycles. The highest BCUT2D eigenvalue weighted by molar-refractivity contribution is 5.85. The molecule has 3 nitrogen and oxygen atoms in total. The Hall–Kier alpha value is -1.87. The summed E-state index contributed by atoms with van der Waals surface area (Å²) in [5, 5.41) is 2.69. The lowest BCUT2D eigenvalue weighted by atomic mass is 10.0. The van der Waals surface area contributed by atoms with Gasteiger partial charge >= 0.3 is 0 Å². The van der Waals surface area contributed by atoms with Gasteiger partial charge in [-0.05, 0) is 23.1 Å². The van der Waals surface area contributed by atoms with E-state index >= 15 is 0 Å². The molecule has 0 bridgehead atoms. The molecule has 1 N–H and O–H groups in total. The monoisotopic (exact) mass is 309 g/mol. The number of nitrogens with one attached hydrogen (secondary N) is 1. The number of fused-ring (bicyclic) bond motifs is 1. The van der Waals surface area contributed by atoms with E-state index in [1.54, 1.807) is 4.90 Å². The van der Waals surface area contributed by atoms with Gasteiger partial charge in [0.1, 0.15) is 6.54 Å². The molecular weight excluding hydrogens is 284 g/mol. The first-order valence-corrected chi connectivity index (χ1v) is 8.81.